The first-order valence-electron chi connectivity index (χ1n) is 9.38. The van der Waals surface area contributed by atoms with Crippen LogP contribution in [0.3, 0.4) is 0 Å². The Balaban J connectivity index is 2.06. The van der Waals surface area contributed by atoms with E-state index in [1.165, 1.54) is 36.3 Å². The number of ether oxygens (including phenoxy) is 1. The molecule has 3 amide bonds. The minimum atomic E-state index is -4.34. The number of sulfonamides is 1. The SMILES string of the molecule is COc1ccc(S(=O)(=O)N2C(=O)N(Cc3ccccc3)CC(C)(C)[C@@H]2C(N)=O)cc1. The molecule has 0 spiro atoms. The highest BCUT2D eigenvalue weighted by Gasteiger charge is 2.53. The van der Waals surface area contributed by atoms with E-state index in [-0.39, 0.29) is 18.0 Å². The number of methoxy groups -OCH3 is 1. The van der Waals surface area contributed by atoms with E-state index in [0.717, 1.165) is 5.56 Å². The first kappa shape index (κ1) is 21.6. The summed E-state index contributed by atoms with van der Waals surface area (Å²) in [7, 11) is -2.88. The summed E-state index contributed by atoms with van der Waals surface area (Å²) in [5.41, 5.74) is 5.53. The van der Waals surface area contributed by atoms with Crippen molar-refractivity contribution in [1.29, 1.82) is 0 Å². The number of carbonyl (C=O) groups excluding carboxylic acids is 2. The summed E-state index contributed by atoms with van der Waals surface area (Å²) in [6.07, 6.45) is 0. The summed E-state index contributed by atoms with van der Waals surface area (Å²) >= 11 is 0. The van der Waals surface area contributed by atoms with Crippen LogP contribution in [-0.4, -0.2) is 49.3 Å². The van der Waals surface area contributed by atoms with Gasteiger partial charge in [-0.3, -0.25) is 4.79 Å². The van der Waals surface area contributed by atoms with Gasteiger partial charge in [-0.15, -0.1) is 0 Å². The van der Waals surface area contributed by atoms with Crippen LogP contribution in [0.5, 0.6) is 5.75 Å². The molecule has 0 bridgehead atoms. The minimum absolute atomic E-state index is 0.125. The van der Waals surface area contributed by atoms with Gasteiger partial charge in [-0.25, -0.2) is 17.5 Å². The molecule has 1 heterocycles. The Bertz CT molecular complexity index is 1040. The smallest absolute Gasteiger partial charge is 0.335 e. The van der Waals surface area contributed by atoms with Gasteiger partial charge in [-0.05, 0) is 29.8 Å². The van der Waals surface area contributed by atoms with Gasteiger partial charge in [0, 0.05) is 18.5 Å². The molecule has 2 aromatic carbocycles. The number of urea groups is 1. The van der Waals surface area contributed by atoms with Gasteiger partial charge in [-0.1, -0.05) is 44.2 Å². The second kappa shape index (κ2) is 7.98. The van der Waals surface area contributed by atoms with Gasteiger partial charge in [0.25, 0.3) is 10.0 Å². The van der Waals surface area contributed by atoms with Crippen LogP contribution in [0.25, 0.3) is 0 Å². The van der Waals surface area contributed by atoms with E-state index < -0.39 is 33.4 Å². The number of hydrogen-bond donors (Lipinski definition) is 1. The first-order chi connectivity index (χ1) is 14.1. The summed E-state index contributed by atoms with van der Waals surface area (Å²) in [6, 6.07) is 12.8. The number of rotatable bonds is 6. The van der Waals surface area contributed by atoms with Crippen LogP contribution in [0.15, 0.2) is 59.5 Å². The van der Waals surface area contributed by atoms with Gasteiger partial charge in [0.2, 0.25) is 5.91 Å². The van der Waals surface area contributed by atoms with Crippen molar-refractivity contribution in [2.45, 2.75) is 31.3 Å². The van der Waals surface area contributed by atoms with E-state index in [4.69, 9.17) is 10.5 Å². The largest absolute Gasteiger partial charge is 0.497 e. The molecule has 1 aliphatic heterocycles. The monoisotopic (exact) mass is 431 g/mol. The number of primary amides is 1. The van der Waals surface area contributed by atoms with Crippen LogP contribution >= 0.6 is 0 Å². The van der Waals surface area contributed by atoms with Crippen molar-refractivity contribution in [2.75, 3.05) is 13.7 Å². The maximum Gasteiger partial charge on any atom is 0.335 e. The molecule has 0 aromatic heterocycles. The normalized spacial score (nSPS) is 18.9. The fourth-order valence-electron chi connectivity index (χ4n) is 3.74. The molecule has 3 rings (SSSR count). The topological polar surface area (TPSA) is 110 Å². The van der Waals surface area contributed by atoms with E-state index in [2.05, 4.69) is 0 Å². The molecular formula is C21H25N3O5S. The van der Waals surface area contributed by atoms with Crippen molar-refractivity contribution in [3.8, 4) is 5.75 Å². The standard InChI is InChI=1S/C21H25N3O5S/c1-21(2)14-23(13-15-7-5-4-6-8-15)20(26)24(18(21)19(22)25)30(27,28)17-11-9-16(29-3)10-12-17/h4-12,18H,13-14H2,1-3H3,(H2,22,25)/t18-/m0/s1. The van der Waals surface area contributed by atoms with E-state index >= 15 is 0 Å². The Morgan fingerprint density at radius 1 is 1.13 bits per heavy atom. The Morgan fingerprint density at radius 2 is 1.73 bits per heavy atom. The molecule has 0 unspecified atom stereocenters. The number of amides is 3. The van der Waals surface area contributed by atoms with Crippen molar-refractivity contribution in [3.63, 3.8) is 0 Å². The van der Waals surface area contributed by atoms with Crippen LogP contribution in [0.4, 0.5) is 4.79 Å². The van der Waals surface area contributed by atoms with E-state index in [9.17, 15) is 18.0 Å². The van der Waals surface area contributed by atoms with Crippen LogP contribution < -0.4 is 10.5 Å². The number of carbonyl (C=O) groups is 2. The Labute approximate surface area is 176 Å². The van der Waals surface area contributed by atoms with Crippen LogP contribution in [0, 0.1) is 5.41 Å². The van der Waals surface area contributed by atoms with Crippen LogP contribution in [0.1, 0.15) is 19.4 Å². The number of hydrogen-bond acceptors (Lipinski definition) is 5. The summed E-state index contributed by atoms with van der Waals surface area (Å²) in [6.45, 7) is 3.85. The summed E-state index contributed by atoms with van der Waals surface area (Å²) in [4.78, 5) is 26.9. The Morgan fingerprint density at radius 3 is 2.27 bits per heavy atom. The van der Waals surface area contributed by atoms with Crippen LogP contribution in [-0.2, 0) is 21.4 Å². The molecule has 2 N–H and O–H groups in total. The highest BCUT2D eigenvalue weighted by atomic mass is 32.2. The van der Waals surface area contributed by atoms with Crippen molar-refractivity contribution >= 4 is 22.0 Å². The van der Waals surface area contributed by atoms with Crippen molar-refractivity contribution < 1.29 is 22.7 Å². The zero-order valence-electron chi connectivity index (χ0n) is 17.1. The molecule has 9 heteroatoms. The molecule has 30 heavy (non-hydrogen) atoms. The maximum absolute atomic E-state index is 13.4. The first-order valence-corrected chi connectivity index (χ1v) is 10.8. The molecule has 1 aliphatic rings. The lowest BCUT2D eigenvalue weighted by atomic mass is 9.81. The van der Waals surface area contributed by atoms with Gasteiger partial charge >= 0.3 is 6.03 Å². The van der Waals surface area contributed by atoms with E-state index in [0.29, 0.717) is 10.1 Å². The molecule has 1 atom stereocenters. The molecule has 0 saturated carbocycles. The number of nitrogens with zero attached hydrogens (tertiary/aromatic N) is 2. The average Bonchev–Trinajstić information content (AvgIpc) is 2.70. The summed E-state index contributed by atoms with van der Waals surface area (Å²) < 4.78 is 32.6. The van der Waals surface area contributed by atoms with Gasteiger partial charge in [-0.2, -0.15) is 0 Å². The third-order valence-electron chi connectivity index (χ3n) is 5.13. The molecule has 160 valence electrons. The van der Waals surface area contributed by atoms with Crippen LogP contribution in [0.2, 0.25) is 0 Å². The fourth-order valence-corrected chi connectivity index (χ4v) is 5.44. The molecular weight excluding hydrogens is 406 g/mol. The Hall–Kier alpha value is -3.07. The maximum atomic E-state index is 13.4. The predicted molar refractivity (Wildman–Crippen MR) is 111 cm³/mol. The van der Waals surface area contributed by atoms with Crippen molar-refractivity contribution in [3.05, 3.63) is 60.2 Å². The zero-order valence-corrected chi connectivity index (χ0v) is 17.9. The lowest BCUT2D eigenvalue weighted by Gasteiger charge is -2.48. The number of nitrogens with two attached hydrogens (primary N) is 1. The second-order valence-corrected chi connectivity index (χ2v) is 9.71. The third-order valence-corrected chi connectivity index (χ3v) is 6.89. The van der Waals surface area contributed by atoms with Gasteiger partial charge in [0.1, 0.15) is 11.8 Å². The van der Waals surface area contributed by atoms with Gasteiger partial charge in [0.15, 0.2) is 0 Å². The average molecular weight is 432 g/mol. The summed E-state index contributed by atoms with van der Waals surface area (Å²) in [5.74, 6) is -0.402. The molecule has 0 aliphatic carbocycles. The molecule has 2 aromatic rings. The molecule has 0 radical (unpaired) electrons. The lowest BCUT2D eigenvalue weighted by molar-refractivity contribution is -0.126. The molecule has 1 fully saturated rings. The number of benzene rings is 2. The van der Waals surface area contributed by atoms with Gasteiger partial charge < -0.3 is 15.4 Å². The summed E-state index contributed by atoms with van der Waals surface area (Å²) in [5, 5.41) is 0. The Kier molecular flexibility index (Phi) is 5.76. The van der Waals surface area contributed by atoms with Crippen molar-refractivity contribution in [1.82, 2.24) is 9.21 Å². The zero-order chi connectivity index (χ0) is 22.1. The minimum Gasteiger partial charge on any atom is -0.497 e. The van der Waals surface area contributed by atoms with Crippen molar-refractivity contribution in [2.24, 2.45) is 11.1 Å². The predicted octanol–water partition coefficient (Wildman–Crippen LogP) is 2.20. The highest BCUT2D eigenvalue weighted by Crippen LogP contribution is 2.37. The van der Waals surface area contributed by atoms with E-state index in [1.54, 1.807) is 13.8 Å². The molecule has 8 nitrogen and oxygen atoms in total. The fraction of sp³-hybridized carbons (Fsp3) is 0.333. The second-order valence-electron chi connectivity index (χ2n) is 7.89. The molecule has 1 saturated heterocycles. The lowest BCUT2D eigenvalue weighted by Crippen LogP contribution is -2.67. The quantitative estimate of drug-likeness (QED) is 0.754. The third kappa shape index (κ3) is 3.97. The highest BCUT2D eigenvalue weighted by molar-refractivity contribution is 7.89. The van der Waals surface area contributed by atoms with E-state index in [1.807, 2.05) is 30.3 Å². The van der Waals surface area contributed by atoms with Gasteiger partial charge in [0.05, 0.1) is 12.0 Å².